The van der Waals surface area contributed by atoms with E-state index in [0.717, 1.165) is 76.4 Å². The second kappa shape index (κ2) is 16.9. The maximum absolute atomic E-state index is 4.74. The van der Waals surface area contributed by atoms with Crippen LogP contribution in [0.3, 0.4) is 0 Å². The van der Waals surface area contributed by atoms with Gasteiger partial charge in [0.05, 0.1) is 0 Å². The standard InChI is InChI=1S/C22H42N4/c1-7-13-15-21(25(17-9-3)18-10-4)23-24-22(16-14-8-2)26(19-11-5)20-12-6/h7-8,13-14H,9-12,15-20H2,1-6H3/b13-7+,14-8+,23-21-,24-22-. The lowest BCUT2D eigenvalue weighted by atomic mass is 10.2. The summed E-state index contributed by atoms with van der Waals surface area (Å²) in [4.78, 5) is 4.78. The summed E-state index contributed by atoms with van der Waals surface area (Å²) < 4.78 is 0. The summed E-state index contributed by atoms with van der Waals surface area (Å²) in [5.41, 5.74) is 0. The minimum atomic E-state index is 0.846. The first-order valence-electron chi connectivity index (χ1n) is 10.5. The molecule has 0 heterocycles. The number of nitrogens with zero attached hydrogens (tertiary/aromatic N) is 4. The van der Waals surface area contributed by atoms with E-state index in [1.165, 1.54) is 0 Å². The highest BCUT2D eigenvalue weighted by molar-refractivity contribution is 5.87. The molecule has 0 aliphatic heterocycles. The highest BCUT2D eigenvalue weighted by Crippen LogP contribution is 2.07. The zero-order valence-corrected chi connectivity index (χ0v) is 18.2. The van der Waals surface area contributed by atoms with E-state index in [2.05, 4.69) is 75.6 Å². The normalized spacial score (nSPS) is 13.2. The van der Waals surface area contributed by atoms with Crippen molar-refractivity contribution in [3.8, 4) is 0 Å². The SMILES string of the molecule is C/C=C/C/C(=N/N=C(/C/C=C/C)N(CCC)CCC)N(CCC)CCC. The van der Waals surface area contributed by atoms with Gasteiger partial charge in [0, 0.05) is 39.0 Å². The molecule has 0 amide bonds. The Bertz CT molecular complexity index is 395. The molecular formula is C22H42N4. The van der Waals surface area contributed by atoms with Crippen LogP contribution in [0.1, 0.15) is 80.1 Å². The molecule has 0 radical (unpaired) electrons. The van der Waals surface area contributed by atoms with Crippen LogP contribution in [0.25, 0.3) is 0 Å². The van der Waals surface area contributed by atoms with E-state index >= 15 is 0 Å². The third-order valence-corrected chi connectivity index (χ3v) is 4.06. The van der Waals surface area contributed by atoms with Crippen molar-refractivity contribution in [1.29, 1.82) is 0 Å². The van der Waals surface area contributed by atoms with Crippen LogP contribution in [0.5, 0.6) is 0 Å². The van der Waals surface area contributed by atoms with Gasteiger partial charge in [-0.25, -0.2) is 0 Å². The molecule has 4 nitrogen and oxygen atoms in total. The van der Waals surface area contributed by atoms with Gasteiger partial charge in [-0.1, -0.05) is 52.0 Å². The fourth-order valence-electron chi connectivity index (χ4n) is 2.85. The number of hydrogen-bond donors (Lipinski definition) is 0. The Kier molecular flexibility index (Phi) is 15.8. The average Bonchev–Trinajstić information content (AvgIpc) is 2.64. The highest BCUT2D eigenvalue weighted by Gasteiger charge is 2.11. The Balaban J connectivity index is 5.70. The third-order valence-electron chi connectivity index (χ3n) is 4.06. The molecule has 150 valence electrons. The Morgan fingerprint density at radius 2 is 0.923 bits per heavy atom. The van der Waals surface area contributed by atoms with Gasteiger partial charge in [0.15, 0.2) is 0 Å². The van der Waals surface area contributed by atoms with E-state index in [9.17, 15) is 0 Å². The molecule has 0 fully saturated rings. The summed E-state index contributed by atoms with van der Waals surface area (Å²) in [5, 5.41) is 9.48. The zero-order valence-electron chi connectivity index (χ0n) is 18.2. The molecule has 4 heteroatoms. The van der Waals surface area contributed by atoms with Gasteiger partial charge >= 0.3 is 0 Å². The van der Waals surface area contributed by atoms with Crippen LogP contribution >= 0.6 is 0 Å². The maximum Gasteiger partial charge on any atom is 0.131 e. The fraction of sp³-hybridized carbons (Fsp3) is 0.727. The minimum absolute atomic E-state index is 0.846. The summed E-state index contributed by atoms with van der Waals surface area (Å²) in [6.07, 6.45) is 14.7. The maximum atomic E-state index is 4.74. The van der Waals surface area contributed by atoms with Crippen LogP contribution in [-0.4, -0.2) is 47.7 Å². The summed E-state index contributed by atoms with van der Waals surface area (Å²) in [5.74, 6) is 2.16. The molecule has 0 aromatic carbocycles. The molecule has 0 atom stereocenters. The van der Waals surface area contributed by atoms with E-state index in [0.29, 0.717) is 0 Å². The van der Waals surface area contributed by atoms with Crippen LogP contribution < -0.4 is 0 Å². The number of rotatable bonds is 13. The summed E-state index contributed by atoms with van der Waals surface area (Å²) >= 11 is 0. The van der Waals surface area contributed by atoms with E-state index in [4.69, 9.17) is 10.2 Å². The van der Waals surface area contributed by atoms with E-state index in [1.807, 2.05) is 0 Å². The van der Waals surface area contributed by atoms with Crippen LogP contribution in [0.2, 0.25) is 0 Å². The highest BCUT2D eigenvalue weighted by atomic mass is 15.3. The molecule has 0 saturated heterocycles. The van der Waals surface area contributed by atoms with Gasteiger partial charge in [-0.15, -0.1) is 10.2 Å². The Hall–Kier alpha value is -1.58. The molecule has 0 aromatic heterocycles. The first kappa shape index (κ1) is 24.4. The van der Waals surface area contributed by atoms with Crippen molar-refractivity contribution in [2.75, 3.05) is 26.2 Å². The first-order chi connectivity index (χ1) is 12.7. The van der Waals surface area contributed by atoms with Crippen LogP contribution in [0.15, 0.2) is 34.5 Å². The van der Waals surface area contributed by atoms with Gasteiger partial charge in [-0.3, -0.25) is 0 Å². The Morgan fingerprint density at radius 3 is 1.15 bits per heavy atom. The molecule has 0 bridgehead atoms. The van der Waals surface area contributed by atoms with Gasteiger partial charge < -0.3 is 9.80 Å². The second-order valence-corrected chi connectivity index (χ2v) is 6.55. The van der Waals surface area contributed by atoms with Gasteiger partial charge in [0.1, 0.15) is 11.7 Å². The third kappa shape index (κ3) is 10.4. The minimum Gasteiger partial charge on any atom is -0.358 e. The van der Waals surface area contributed by atoms with Crippen molar-refractivity contribution in [3.63, 3.8) is 0 Å². The monoisotopic (exact) mass is 362 g/mol. The molecule has 0 aliphatic rings. The predicted molar refractivity (Wildman–Crippen MR) is 118 cm³/mol. The van der Waals surface area contributed by atoms with Gasteiger partial charge in [0.2, 0.25) is 0 Å². The summed E-state index contributed by atoms with van der Waals surface area (Å²) in [6, 6.07) is 0. The number of amidine groups is 2. The molecule has 0 aliphatic carbocycles. The van der Waals surface area contributed by atoms with E-state index in [1.54, 1.807) is 0 Å². The lowest BCUT2D eigenvalue weighted by Gasteiger charge is -2.26. The lowest BCUT2D eigenvalue weighted by molar-refractivity contribution is 0.404. The van der Waals surface area contributed by atoms with Crippen LogP contribution in [0.4, 0.5) is 0 Å². The molecule has 0 aromatic rings. The van der Waals surface area contributed by atoms with Crippen molar-refractivity contribution in [1.82, 2.24) is 9.80 Å². The Morgan fingerprint density at radius 1 is 0.615 bits per heavy atom. The molecule has 0 saturated carbocycles. The second-order valence-electron chi connectivity index (χ2n) is 6.55. The van der Waals surface area contributed by atoms with E-state index in [-0.39, 0.29) is 0 Å². The van der Waals surface area contributed by atoms with Crippen molar-refractivity contribution in [2.24, 2.45) is 10.2 Å². The lowest BCUT2D eigenvalue weighted by Crippen LogP contribution is -2.34. The van der Waals surface area contributed by atoms with Crippen LogP contribution in [0, 0.1) is 0 Å². The van der Waals surface area contributed by atoms with Crippen molar-refractivity contribution < 1.29 is 0 Å². The van der Waals surface area contributed by atoms with E-state index < -0.39 is 0 Å². The molecule has 0 unspecified atom stereocenters. The number of allylic oxidation sites excluding steroid dienone is 2. The quantitative estimate of drug-likeness (QED) is 0.177. The average molecular weight is 363 g/mol. The Labute approximate surface area is 162 Å². The predicted octanol–water partition coefficient (Wildman–Crippen LogP) is 5.87. The number of hydrogen-bond acceptors (Lipinski definition) is 2. The van der Waals surface area contributed by atoms with Crippen molar-refractivity contribution >= 4 is 11.7 Å². The largest absolute Gasteiger partial charge is 0.358 e. The van der Waals surface area contributed by atoms with Gasteiger partial charge in [-0.05, 0) is 39.5 Å². The first-order valence-corrected chi connectivity index (χ1v) is 10.5. The van der Waals surface area contributed by atoms with Crippen LogP contribution in [-0.2, 0) is 0 Å². The zero-order chi connectivity index (χ0) is 19.6. The van der Waals surface area contributed by atoms with Crippen molar-refractivity contribution in [2.45, 2.75) is 80.1 Å². The fourth-order valence-corrected chi connectivity index (χ4v) is 2.85. The molecular weight excluding hydrogens is 320 g/mol. The molecule has 0 N–H and O–H groups in total. The van der Waals surface area contributed by atoms with Gasteiger partial charge in [0.25, 0.3) is 0 Å². The summed E-state index contributed by atoms with van der Waals surface area (Å²) in [6.45, 7) is 17.2. The topological polar surface area (TPSA) is 31.2 Å². The van der Waals surface area contributed by atoms with Crippen molar-refractivity contribution in [3.05, 3.63) is 24.3 Å². The molecule has 0 rings (SSSR count). The molecule has 26 heavy (non-hydrogen) atoms. The molecule has 0 spiro atoms. The summed E-state index contributed by atoms with van der Waals surface area (Å²) in [7, 11) is 0. The van der Waals surface area contributed by atoms with Gasteiger partial charge in [-0.2, -0.15) is 0 Å². The smallest absolute Gasteiger partial charge is 0.131 e.